The van der Waals surface area contributed by atoms with Crippen LogP contribution in [0.3, 0.4) is 0 Å². The zero-order valence-corrected chi connectivity index (χ0v) is 7.69. The summed E-state index contributed by atoms with van der Waals surface area (Å²) >= 11 is 3.37. The maximum atomic E-state index is 5.28. The molecule has 0 aliphatic heterocycles. The SMILES string of the molecule is C#Cc1ccc(Br)cc1C[CH2]. The van der Waals surface area contributed by atoms with E-state index in [9.17, 15) is 0 Å². The van der Waals surface area contributed by atoms with E-state index < -0.39 is 0 Å². The summed E-state index contributed by atoms with van der Waals surface area (Å²) in [4.78, 5) is 0. The van der Waals surface area contributed by atoms with Crippen molar-refractivity contribution in [2.75, 3.05) is 0 Å². The normalized spacial score (nSPS) is 9.18. The van der Waals surface area contributed by atoms with Crippen molar-refractivity contribution in [3.63, 3.8) is 0 Å². The zero-order valence-electron chi connectivity index (χ0n) is 6.10. The molecule has 1 radical (unpaired) electrons. The minimum atomic E-state index is 0.735. The van der Waals surface area contributed by atoms with Crippen molar-refractivity contribution >= 4 is 15.9 Å². The highest BCUT2D eigenvalue weighted by Gasteiger charge is 1.97. The summed E-state index contributed by atoms with van der Waals surface area (Å²) in [6.07, 6.45) is 6.02. The fourth-order valence-electron chi connectivity index (χ4n) is 0.910. The van der Waals surface area contributed by atoms with Crippen LogP contribution in [0.25, 0.3) is 0 Å². The highest BCUT2D eigenvalue weighted by Crippen LogP contribution is 2.16. The molecule has 0 saturated carbocycles. The van der Waals surface area contributed by atoms with Gasteiger partial charge in [-0.15, -0.1) is 6.42 Å². The number of rotatable bonds is 1. The summed E-state index contributed by atoms with van der Waals surface area (Å²) in [5, 5.41) is 0. The van der Waals surface area contributed by atoms with Gasteiger partial charge in [0.05, 0.1) is 0 Å². The van der Waals surface area contributed by atoms with E-state index in [1.54, 1.807) is 0 Å². The molecule has 0 heterocycles. The molecule has 11 heavy (non-hydrogen) atoms. The summed E-state index contributed by atoms with van der Waals surface area (Å²) < 4.78 is 1.05. The quantitative estimate of drug-likeness (QED) is 0.622. The Morgan fingerprint density at radius 2 is 2.27 bits per heavy atom. The van der Waals surface area contributed by atoms with E-state index in [0.717, 1.165) is 22.0 Å². The van der Waals surface area contributed by atoms with Gasteiger partial charge in [0, 0.05) is 10.0 Å². The second kappa shape index (κ2) is 3.59. The minimum absolute atomic E-state index is 0.735. The lowest BCUT2D eigenvalue weighted by atomic mass is 10.1. The van der Waals surface area contributed by atoms with Crippen LogP contribution >= 0.6 is 15.9 Å². The first-order valence-electron chi connectivity index (χ1n) is 3.32. The number of hydrogen-bond acceptors (Lipinski definition) is 0. The van der Waals surface area contributed by atoms with Gasteiger partial charge in [-0.2, -0.15) is 0 Å². The van der Waals surface area contributed by atoms with Crippen LogP contribution in [0.4, 0.5) is 0 Å². The Hall–Kier alpha value is -0.740. The fourth-order valence-corrected chi connectivity index (χ4v) is 1.32. The van der Waals surface area contributed by atoms with Crippen LogP contribution in [0, 0.1) is 19.3 Å². The second-order valence-electron chi connectivity index (χ2n) is 2.20. The topological polar surface area (TPSA) is 0 Å². The van der Waals surface area contributed by atoms with Gasteiger partial charge in [0.25, 0.3) is 0 Å². The Balaban J connectivity index is 3.19. The van der Waals surface area contributed by atoms with Gasteiger partial charge in [-0.25, -0.2) is 0 Å². The van der Waals surface area contributed by atoms with Crippen LogP contribution in [0.1, 0.15) is 11.1 Å². The lowest BCUT2D eigenvalue weighted by Gasteiger charge is -2.00. The standard InChI is InChI=1S/C10H8Br/c1-3-8-5-6-10(11)7-9(8)4-2/h1,5-7H,2,4H2. The summed E-state index contributed by atoms with van der Waals surface area (Å²) in [5.41, 5.74) is 2.05. The monoisotopic (exact) mass is 207 g/mol. The summed E-state index contributed by atoms with van der Waals surface area (Å²) in [7, 11) is 0. The van der Waals surface area contributed by atoms with Gasteiger partial charge in [-0.3, -0.25) is 0 Å². The molecular formula is C10H8Br. The molecule has 1 aromatic carbocycles. The van der Waals surface area contributed by atoms with Gasteiger partial charge in [0.2, 0.25) is 0 Å². The van der Waals surface area contributed by atoms with Crippen LogP contribution in [0.15, 0.2) is 22.7 Å². The molecule has 1 heteroatoms. The van der Waals surface area contributed by atoms with Gasteiger partial charge in [-0.1, -0.05) is 21.9 Å². The van der Waals surface area contributed by atoms with Crippen molar-refractivity contribution in [3.05, 3.63) is 40.7 Å². The Morgan fingerprint density at radius 1 is 1.55 bits per heavy atom. The molecule has 0 saturated heterocycles. The zero-order chi connectivity index (χ0) is 8.27. The first-order valence-corrected chi connectivity index (χ1v) is 4.11. The molecule has 0 aliphatic rings. The molecule has 0 aromatic heterocycles. The molecule has 1 rings (SSSR count). The average molecular weight is 208 g/mol. The van der Waals surface area contributed by atoms with Crippen molar-refractivity contribution in [1.29, 1.82) is 0 Å². The van der Waals surface area contributed by atoms with E-state index >= 15 is 0 Å². The predicted molar refractivity (Wildman–Crippen MR) is 51.1 cm³/mol. The van der Waals surface area contributed by atoms with E-state index in [4.69, 9.17) is 6.42 Å². The second-order valence-corrected chi connectivity index (χ2v) is 3.11. The highest BCUT2D eigenvalue weighted by atomic mass is 79.9. The van der Waals surface area contributed by atoms with Crippen LogP contribution in [0.2, 0.25) is 0 Å². The van der Waals surface area contributed by atoms with Gasteiger partial charge in [-0.05, 0) is 37.1 Å². The van der Waals surface area contributed by atoms with Crippen molar-refractivity contribution in [2.45, 2.75) is 6.42 Å². The van der Waals surface area contributed by atoms with Gasteiger partial charge < -0.3 is 0 Å². The van der Waals surface area contributed by atoms with Crippen LogP contribution in [0.5, 0.6) is 0 Å². The van der Waals surface area contributed by atoms with Crippen LogP contribution in [-0.2, 0) is 6.42 Å². The van der Waals surface area contributed by atoms with Crippen LogP contribution in [-0.4, -0.2) is 0 Å². The molecule has 0 bridgehead atoms. The summed E-state index contributed by atoms with van der Waals surface area (Å²) in [6, 6.07) is 5.86. The average Bonchev–Trinajstić information content (AvgIpc) is 2.04. The summed E-state index contributed by atoms with van der Waals surface area (Å²) in [6.45, 7) is 3.79. The molecule has 0 N–H and O–H groups in total. The molecule has 1 aromatic rings. The van der Waals surface area contributed by atoms with E-state index in [-0.39, 0.29) is 0 Å². The third-order valence-electron chi connectivity index (χ3n) is 1.49. The molecule has 0 fully saturated rings. The molecule has 0 amide bonds. The molecule has 55 valence electrons. The van der Waals surface area contributed by atoms with Gasteiger partial charge in [0.1, 0.15) is 0 Å². The van der Waals surface area contributed by atoms with Crippen LogP contribution < -0.4 is 0 Å². The summed E-state index contributed by atoms with van der Waals surface area (Å²) in [5.74, 6) is 2.61. The van der Waals surface area contributed by atoms with Gasteiger partial charge >= 0.3 is 0 Å². The van der Waals surface area contributed by atoms with E-state index in [1.165, 1.54) is 0 Å². The Labute approximate surface area is 75.8 Å². The highest BCUT2D eigenvalue weighted by molar-refractivity contribution is 9.10. The van der Waals surface area contributed by atoms with Crippen molar-refractivity contribution < 1.29 is 0 Å². The molecular weight excluding hydrogens is 200 g/mol. The minimum Gasteiger partial charge on any atom is -0.115 e. The van der Waals surface area contributed by atoms with E-state index in [2.05, 4.69) is 28.8 Å². The molecule has 0 nitrogen and oxygen atoms in total. The maximum absolute atomic E-state index is 5.28. The lowest BCUT2D eigenvalue weighted by molar-refractivity contribution is 1.25. The van der Waals surface area contributed by atoms with Gasteiger partial charge in [0.15, 0.2) is 0 Å². The fraction of sp³-hybridized carbons (Fsp3) is 0.100. The van der Waals surface area contributed by atoms with E-state index in [0.29, 0.717) is 0 Å². The number of benzene rings is 1. The van der Waals surface area contributed by atoms with Crippen molar-refractivity contribution in [2.24, 2.45) is 0 Å². The Kier molecular flexibility index (Phi) is 2.73. The predicted octanol–water partition coefficient (Wildman–Crippen LogP) is 2.81. The number of terminal acetylenes is 1. The lowest BCUT2D eigenvalue weighted by Crippen LogP contribution is -1.86. The largest absolute Gasteiger partial charge is 0.115 e. The third-order valence-corrected chi connectivity index (χ3v) is 1.99. The molecule has 0 aliphatic carbocycles. The number of hydrogen-bond donors (Lipinski definition) is 0. The maximum Gasteiger partial charge on any atom is 0.0275 e. The molecule has 0 unspecified atom stereocenters. The first kappa shape index (κ1) is 8.36. The van der Waals surface area contributed by atoms with E-state index in [1.807, 2.05) is 18.2 Å². The van der Waals surface area contributed by atoms with Crippen molar-refractivity contribution in [3.8, 4) is 12.3 Å². The Morgan fingerprint density at radius 3 is 2.82 bits per heavy atom. The smallest absolute Gasteiger partial charge is 0.0275 e. The molecule has 0 spiro atoms. The number of halogens is 1. The van der Waals surface area contributed by atoms with Crippen molar-refractivity contribution in [1.82, 2.24) is 0 Å². The third kappa shape index (κ3) is 1.85. The Bertz CT molecular complexity index is 294. The first-order chi connectivity index (χ1) is 5.27. The molecule has 0 atom stereocenters.